The van der Waals surface area contributed by atoms with Gasteiger partial charge in [0.05, 0.1) is 14.2 Å². The zero-order valence-corrected chi connectivity index (χ0v) is 13.0. The molecule has 0 radical (unpaired) electrons. The molecule has 0 bridgehead atoms. The van der Waals surface area contributed by atoms with Crippen LogP contribution >= 0.6 is 0 Å². The number of benzene rings is 1. The van der Waals surface area contributed by atoms with Gasteiger partial charge in [0, 0.05) is 18.3 Å². The summed E-state index contributed by atoms with van der Waals surface area (Å²) in [6.07, 6.45) is 2.46. The van der Waals surface area contributed by atoms with Crippen LogP contribution in [0.25, 0.3) is 0 Å². The van der Waals surface area contributed by atoms with Gasteiger partial charge in [0.2, 0.25) is 0 Å². The highest BCUT2D eigenvalue weighted by atomic mass is 16.5. The van der Waals surface area contributed by atoms with Crippen molar-refractivity contribution >= 4 is 11.7 Å². The van der Waals surface area contributed by atoms with E-state index >= 15 is 0 Å². The van der Waals surface area contributed by atoms with Crippen molar-refractivity contribution in [2.45, 2.75) is 24.8 Å². The summed E-state index contributed by atoms with van der Waals surface area (Å²) >= 11 is 0. The van der Waals surface area contributed by atoms with Crippen molar-refractivity contribution in [3.05, 3.63) is 24.3 Å². The fourth-order valence-electron chi connectivity index (χ4n) is 2.82. The van der Waals surface area contributed by atoms with E-state index in [1.807, 2.05) is 24.3 Å². The summed E-state index contributed by atoms with van der Waals surface area (Å²) in [6.45, 7) is 1.87. The van der Waals surface area contributed by atoms with E-state index in [1.165, 1.54) is 7.11 Å². The Hall–Kier alpha value is -1.75. The first-order chi connectivity index (χ1) is 10.1. The van der Waals surface area contributed by atoms with Crippen LogP contribution in [0, 0.1) is 0 Å². The zero-order valence-electron chi connectivity index (χ0n) is 13.0. The first kappa shape index (κ1) is 15.6. The number of methoxy groups -OCH3 is 2. The maximum absolute atomic E-state index is 12.4. The highest BCUT2D eigenvalue weighted by molar-refractivity contribution is 5.84. The lowest BCUT2D eigenvalue weighted by atomic mass is 9.90. The molecule has 1 fully saturated rings. The topological polar surface area (TPSA) is 50.8 Å². The van der Waals surface area contributed by atoms with Gasteiger partial charge in [-0.2, -0.15) is 0 Å². The Bertz CT molecular complexity index is 492. The number of nitrogens with one attached hydrogen (secondary N) is 1. The lowest BCUT2D eigenvalue weighted by Gasteiger charge is -2.32. The Morgan fingerprint density at radius 2 is 2.10 bits per heavy atom. The highest BCUT2D eigenvalue weighted by Crippen LogP contribution is 2.29. The molecule has 0 amide bonds. The number of hydrogen-bond donors (Lipinski definition) is 1. The summed E-state index contributed by atoms with van der Waals surface area (Å²) in [7, 11) is 5.17. The third kappa shape index (κ3) is 3.67. The van der Waals surface area contributed by atoms with E-state index in [0.717, 1.165) is 43.8 Å². The van der Waals surface area contributed by atoms with Crippen LogP contribution in [-0.2, 0) is 9.53 Å². The molecule has 5 heteroatoms. The minimum Gasteiger partial charge on any atom is -0.497 e. The van der Waals surface area contributed by atoms with Gasteiger partial charge in [0.25, 0.3) is 0 Å². The number of anilines is 1. The van der Waals surface area contributed by atoms with Crippen molar-refractivity contribution in [1.29, 1.82) is 0 Å². The average molecular weight is 292 g/mol. The molecule has 5 nitrogen and oxygen atoms in total. The molecule has 0 saturated carbocycles. The van der Waals surface area contributed by atoms with Gasteiger partial charge in [-0.05, 0) is 45.0 Å². The smallest absolute Gasteiger partial charge is 0.331 e. The number of hydrogen-bond acceptors (Lipinski definition) is 5. The Morgan fingerprint density at radius 3 is 2.81 bits per heavy atom. The third-order valence-electron chi connectivity index (χ3n) is 4.09. The van der Waals surface area contributed by atoms with Crippen LogP contribution in [0.4, 0.5) is 5.69 Å². The molecular formula is C16H24N2O3. The number of carbonyl (C=O) groups excluding carboxylic acids is 1. The van der Waals surface area contributed by atoms with E-state index in [0.29, 0.717) is 0 Å². The van der Waals surface area contributed by atoms with Crippen LogP contribution in [-0.4, -0.2) is 50.8 Å². The summed E-state index contributed by atoms with van der Waals surface area (Å²) in [5.74, 6) is 0.575. The summed E-state index contributed by atoms with van der Waals surface area (Å²) in [6, 6.07) is 7.65. The maximum atomic E-state index is 12.4. The second kappa shape index (κ2) is 6.80. The van der Waals surface area contributed by atoms with E-state index in [4.69, 9.17) is 9.47 Å². The zero-order chi connectivity index (χ0) is 15.3. The van der Waals surface area contributed by atoms with Crippen molar-refractivity contribution in [2.75, 3.05) is 39.7 Å². The van der Waals surface area contributed by atoms with Crippen LogP contribution in [0.2, 0.25) is 0 Å². The van der Waals surface area contributed by atoms with Crippen LogP contribution in [0.1, 0.15) is 19.3 Å². The number of esters is 1. The molecular weight excluding hydrogens is 268 g/mol. The lowest BCUT2D eigenvalue weighted by Crippen LogP contribution is -2.47. The molecule has 1 aromatic rings. The molecule has 116 valence electrons. The van der Waals surface area contributed by atoms with Gasteiger partial charge in [0.1, 0.15) is 11.3 Å². The third-order valence-corrected chi connectivity index (χ3v) is 4.09. The lowest BCUT2D eigenvalue weighted by molar-refractivity contribution is -0.146. The fraction of sp³-hybridized carbons (Fsp3) is 0.562. The Kier molecular flexibility index (Phi) is 5.07. The molecule has 1 saturated heterocycles. The molecule has 0 aromatic heterocycles. The van der Waals surface area contributed by atoms with E-state index < -0.39 is 5.54 Å². The van der Waals surface area contributed by atoms with Crippen molar-refractivity contribution in [2.24, 2.45) is 0 Å². The van der Waals surface area contributed by atoms with E-state index in [-0.39, 0.29) is 5.97 Å². The quantitative estimate of drug-likeness (QED) is 0.862. The van der Waals surface area contributed by atoms with Crippen LogP contribution in [0.3, 0.4) is 0 Å². The number of ether oxygens (including phenoxy) is 2. The Balaban J connectivity index is 2.25. The normalized spacial score (nSPS) is 23.2. The summed E-state index contributed by atoms with van der Waals surface area (Å²) in [5, 5.41) is 3.40. The van der Waals surface area contributed by atoms with Gasteiger partial charge >= 0.3 is 5.97 Å². The molecule has 1 heterocycles. The summed E-state index contributed by atoms with van der Waals surface area (Å²) in [5.41, 5.74) is 0.218. The molecule has 1 N–H and O–H groups in total. The number of carbonyl (C=O) groups is 1. The highest BCUT2D eigenvalue weighted by Gasteiger charge is 2.40. The standard InChI is InChI=1S/C16H24N2O3/c1-18-10-5-8-16(9-11-18,15(19)21-3)17-13-6-4-7-14(12-13)20-2/h4,6-7,12,17H,5,8-11H2,1-3H3. The maximum Gasteiger partial charge on any atom is 0.331 e. The summed E-state index contributed by atoms with van der Waals surface area (Å²) in [4.78, 5) is 14.6. The Morgan fingerprint density at radius 1 is 1.29 bits per heavy atom. The number of rotatable bonds is 4. The second-order valence-electron chi connectivity index (χ2n) is 5.59. The molecule has 21 heavy (non-hydrogen) atoms. The van der Waals surface area contributed by atoms with Crippen LogP contribution in [0.15, 0.2) is 24.3 Å². The first-order valence-corrected chi connectivity index (χ1v) is 7.29. The molecule has 1 aliphatic heterocycles. The van der Waals surface area contributed by atoms with Crippen molar-refractivity contribution < 1.29 is 14.3 Å². The van der Waals surface area contributed by atoms with Gasteiger partial charge in [-0.25, -0.2) is 4.79 Å². The fourth-order valence-corrected chi connectivity index (χ4v) is 2.82. The van der Waals surface area contributed by atoms with E-state index in [9.17, 15) is 4.79 Å². The monoisotopic (exact) mass is 292 g/mol. The van der Waals surface area contributed by atoms with Crippen molar-refractivity contribution in [3.8, 4) is 5.75 Å². The second-order valence-corrected chi connectivity index (χ2v) is 5.59. The van der Waals surface area contributed by atoms with E-state index in [1.54, 1.807) is 7.11 Å². The van der Waals surface area contributed by atoms with Gasteiger partial charge < -0.3 is 19.7 Å². The average Bonchev–Trinajstić information content (AvgIpc) is 2.69. The van der Waals surface area contributed by atoms with E-state index in [2.05, 4.69) is 17.3 Å². The van der Waals surface area contributed by atoms with Gasteiger partial charge in [0.15, 0.2) is 0 Å². The molecule has 1 aromatic carbocycles. The minimum atomic E-state index is -0.661. The molecule has 1 unspecified atom stereocenters. The predicted octanol–water partition coefficient (Wildman–Crippen LogP) is 2.13. The minimum absolute atomic E-state index is 0.194. The molecule has 0 aliphatic carbocycles. The van der Waals surface area contributed by atoms with Crippen molar-refractivity contribution in [3.63, 3.8) is 0 Å². The van der Waals surface area contributed by atoms with Crippen LogP contribution < -0.4 is 10.1 Å². The van der Waals surface area contributed by atoms with Crippen LogP contribution in [0.5, 0.6) is 5.75 Å². The van der Waals surface area contributed by atoms with Crippen molar-refractivity contribution in [1.82, 2.24) is 4.90 Å². The number of likely N-dealkylation sites (tertiary alicyclic amines) is 1. The van der Waals surface area contributed by atoms with Gasteiger partial charge in [-0.3, -0.25) is 0 Å². The molecule has 2 rings (SSSR count). The Labute approximate surface area is 126 Å². The van der Waals surface area contributed by atoms with Gasteiger partial charge in [-0.15, -0.1) is 0 Å². The predicted molar refractivity (Wildman–Crippen MR) is 82.7 cm³/mol. The molecule has 1 atom stereocenters. The molecule has 0 spiro atoms. The number of nitrogens with zero attached hydrogens (tertiary/aromatic N) is 1. The molecule has 1 aliphatic rings. The first-order valence-electron chi connectivity index (χ1n) is 7.29. The SMILES string of the molecule is COC(=O)C1(Nc2cccc(OC)c2)CCCN(C)CC1. The largest absolute Gasteiger partial charge is 0.497 e. The van der Waals surface area contributed by atoms with Gasteiger partial charge in [-0.1, -0.05) is 6.07 Å². The summed E-state index contributed by atoms with van der Waals surface area (Å²) < 4.78 is 10.3.